The van der Waals surface area contributed by atoms with Crippen molar-refractivity contribution in [1.29, 1.82) is 0 Å². The van der Waals surface area contributed by atoms with Crippen molar-refractivity contribution in [3.63, 3.8) is 0 Å². The summed E-state index contributed by atoms with van der Waals surface area (Å²) >= 11 is 0. The summed E-state index contributed by atoms with van der Waals surface area (Å²) in [5.41, 5.74) is 2.51. The molecule has 1 aromatic heterocycles. The van der Waals surface area contributed by atoms with Crippen LogP contribution in [0.5, 0.6) is 0 Å². The van der Waals surface area contributed by atoms with Crippen molar-refractivity contribution < 1.29 is 4.79 Å². The number of nitrogens with zero attached hydrogens (tertiary/aromatic N) is 2. The number of benzene rings is 1. The molecular weight excluding hydrogens is 236 g/mol. The van der Waals surface area contributed by atoms with Crippen LogP contribution in [0.25, 0.3) is 5.69 Å². The lowest BCUT2D eigenvalue weighted by atomic mass is 9.95. The molecular formula is C16H16N2O. The van der Waals surface area contributed by atoms with E-state index in [0.717, 1.165) is 30.5 Å². The van der Waals surface area contributed by atoms with Gasteiger partial charge >= 0.3 is 0 Å². The molecule has 19 heavy (non-hydrogen) atoms. The number of carbonyl (C=O) groups excluding carboxylic acids is 1. The monoisotopic (exact) mass is 252 g/mol. The van der Waals surface area contributed by atoms with Crippen LogP contribution in [0.3, 0.4) is 0 Å². The largest absolute Gasteiger partial charge is 0.287 e. The van der Waals surface area contributed by atoms with Crippen molar-refractivity contribution in [2.75, 3.05) is 0 Å². The summed E-state index contributed by atoms with van der Waals surface area (Å²) in [6.07, 6.45) is 7.96. The predicted molar refractivity (Wildman–Crippen MR) is 74.4 cm³/mol. The number of Topliss-reactive ketones (excluding diaryl/α,β-unsaturated/α-hetero) is 1. The first-order valence-electron chi connectivity index (χ1n) is 6.69. The third-order valence-corrected chi connectivity index (χ3v) is 3.46. The molecule has 0 atom stereocenters. The summed E-state index contributed by atoms with van der Waals surface area (Å²) in [6.45, 7) is 0. The van der Waals surface area contributed by atoms with Crippen molar-refractivity contribution in [1.82, 2.24) is 9.78 Å². The lowest BCUT2D eigenvalue weighted by Gasteiger charge is -2.12. The number of ketones is 1. The lowest BCUT2D eigenvalue weighted by Crippen LogP contribution is -2.12. The Morgan fingerprint density at radius 2 is 1.95 bits per heavy atom. The Balaban J connectivity index is 1.96. The standard InChI is InChI=1S/C16H16N2O/c19-16(13-7-3-1-4-8-13)15-11-12-17-18(15)14-9-5-2-6-10-14/h2,5-7,9-12H,1,3-4,8H2. The van der Waals surface area contributed by atoms with Crippen LogP contribution < -0.4 is 0 Å². The minimum absolute atomic E-state index is 0.112. The molecule has 0 bridgehead atoms. The van der Waals surface area contributed by atoms with Gasteiger partial charge in [-0.3, -0.25) is 4.79 Å². The Labute approximate surface area is 112 Å². The maximum atomic E-state index is 12.5. The summed E-state index contributed by atoms with van der Waals surface area (Å²) in [5.74, 6) is 0.112. The van der Waals surface area contributed by atoms with E-state index in [-0.39, 0.29) is 5.78 Å². The van der Waals surface area contributed by atoms with E-state index >= 15 is 0 Å². The fourth-order valence-corrected chi connectivity index (χ4v) is 2.46. The highest BCUT2D eigenvalue weighted by Gasteiger charge is 2.18. The van der Waals surface area contributed by atoms with E-state index in [1.54, 1.807) is 16.9 Å². The minimum atomic E-state index is 0.112. The maximum Gasteiger partial charge on any atom is 0.207 e. The first-order valence-corrected chi connectivity index (χ1v) is 6.69. The summed E-state index contributed by atoms with van der Waals surface area (Å²) in [6, 6.07) is 11.6. The fraction of sp³-hybridized carbons (Fsp3) is 0.250. The third-order valence-electron chi connectivity index (χ3n) is 3.46. The summed E-state index contributed by atoms with van der Waals surface area (Å²) in [5, 5.41) is 4.27. The zero-order valence-electron chi connectivity index (χ0n) is 10.7. The lowest BCUT2D eigenvalue weighted by molar-refractivity contribution is 0.102. The second-order valence-electron chi connectivity index (χ2n) is 4.77. The number of para-hydroxylation sites is 1. The van der Waals surface area contributed by atoms with Crippen LogP contribution in [0, 0.1) is 0 Å². The Hall–Kier alpha value is -2.16. The van der Waals surface area contributed by atoms with Gasteiger partial charge in [0.15, 0.2) is 0 Å². The van der Waals surface area contributed by atoms with E-state index < -0.39 is 0 Å². The molecule has 0 amide bonds. The van der Waals surface area contributed by atoms with Crippen molar-refractivity contribution >= 4 is 5.78 Å². The van der Waals surface area contributed by atoms with Gasteiger partial charge in [0, 0.05) is 0 Å². The highest BCUT2D eigenvalue weighted by molar-refractivity contribution is 6.07. The number of rotatable bonds is 3. The highest BCUT2D eigenvalue weighted by Crippen LogP contribution is 2.22. The molecule has 3 heteroatoms. The molecule has 1 heterocycles. The van der Waals surface area contributed by atoms with Gasteiger partial charge in [-0.2, -0.15) is 5.10 Å². The highest BCUT2D eigenvalue weighted by atomic mass is 16.1. The van der Waals surface area contributed by atoms with Gasteiger partial charge in [0.2, 0.25) is 5.78 Å². The van der Waals surface area contributed by atoms with Gasteiger partial charge in [-0.1, -0.05) is 24.3 Å². The van der Waals surface area contributed by atoms with Gasteiger partial charge in [-0.05, 0) is 49.5 Å². The van der Waals surface area contributed by atoms with Crippen molar-refractivity contribution in [3.8, 4) is 5.69 Å². The fourth-order valence-electron chi connectivity index (χ4n) is 2.46. The van der Waals surface area contributed by atoms with Crippen LogP contribution in [0.1, 0.15) is 36.2 Å². The molecule has 3 nitrogen and oxygen atoms in total. The Morgan fingerprint density at radius 1 is 1.11 bits per heavy atom. The molecule has 0 N–H and O–H groups in total. The molecule has 0 radical (unpaired) electrons. The van der Waals surface area contributed by atoms with Crippen LogP contribution in [-0.4, -0.2) is 15.6 Å². The average molecular weight is 252 g/mol. The zero-order chi connectivity index (χ0) is 13.1. The van der Waals surface area contributed by atoms with Gasteiger partial charge in [-0.15, -0.1) is 0 Å². The van der Waals surface area contributed by atoms with Gasteiger partial charge in [0.1, 0.15) is 5.69 Å². The molecule has 0 saturated heterocycles. The van der Waals surface area contributed by atoms with Gasteiger partial charge in [0.25, 0.3) is 0 Å². The summed E-state index contributed by atoms with van der Waals surface area (Å²) < 4.78 is 1.72. The van der Waals surface area contributed by atoms with Crippen LogP contribution >= 0.6 is 0 Å². The Kier molecular flexibility index (Phi) is 3.27. The predicted octanol–water partition coefficient (Wildman–Crippen LogP) is 3.56. The second kappa shape index (κ2) is 5.22. The number of carbonyl (C=O) groups is 1. The van der Waals surface area contributed by atoms with E-state index in [2.05, 4.69) is 11.2 Å². The van der Waals surface area contributed by atoms with Crippen LogP contribution in [0.15, 0.2) is 54.2 Å². The number of allylic oxidation sites excluding steroid dienone is 2. The number of aromatic nitrogens is 2. The van der Waals surface area contributed by atoms with Crippen molar-refractivity contribution in [2.45, 2.75) is 25.7 Å². The van der Waals surface area contributed by atoms with E-state index in [1.807, 2.05) is 30.3 Å². The SMILES string of the molecule is O=C(C1=CCCCC1)c1ccnn1-c1ccccc1. The molecule has 1 aromatic carbocycles. The average Bonchev–Trinajstić information content (AvgIpc) is 2.98. The molecule has 1 aliphatic carbocycles. The molecule has 1 aliphatic rings. The van der Waals surface area contributed by atoms with E-state index in [1.165, 1.54) is 6.42 Å². The molecule has 0 saturated carbocycles. The van der Waals surface area contributed by atoms with Crippen molar-refractivity contribution in [2.24, 2.45) is 0 Å². The second-order valence-corrected chi connectivity index (χ2v) is 4.77. The van der Waals surface area contributed by atoms with E-state index in [0.29, 0.717) is 5.69 Å². The Bertz CT molecular complexity index is 611. The number of hydrogen-bond acceptors (Lipinski definition) is 2. The molecule has 0 spiro atoms. The van der Waals surface area contributed by atoms with Crippen LogP contribution in [0.2, 0.25) is 0 Å². The molecule has 0 unspecified atom stereocenters. The molecule has 96 valence electrons. The zero-order valence-corrected chi connectivity index (χ0v) is 10.7. The van der Waals surface area contributed by atoms with Crippen LogP contribution in [0.4, 0.5) is 0 Å². The quantitative estimate of drug-likeness (QED) is 0.783. The maximum absolute atomic E-state index is 12.5. The molecule has 3 rings (SSSR count). The van der Waals surface area contributed by atoms with Crippen LogP contribution in [-0.2, 0) is 0 Å². The third kappa shape index (κ3) is 2.36. The van der Waals surface area contributed by atoms with Gasteiger partial charge in [0.05, 0.1) is 11.9 Å². The molecule has 0 fully saturated rings. The number of hydrogen-bond donors (Lipinski definition) is 0. The van der Waals surface area contributed by atoms with Crippen molar-refractivity contribution in [3.05, 3.63) is 59.9 Å². The topological polar surface area (TPSA) is 34.9 Å². The normalized spacial score (nSPS) is 15.1. The molecule has 0 aliphatic heterocycles. The van der Waals surface area contributed by atoms with Gasteiger partial charge < -0.3 is 0 Å². The van der Waals surface area contributed by atoms with Gasteiger partial charge in [-0.25, -0.2) is 4.68 Å². The summed E-state index contributed by atoms with van der Waals surface area (Å²) in [4.78, 5) is 12.5. The van der Waals surface area contributed by atoms with E-state index in [4.69, 9.17) is 0 Å². The Morgan fingerprint density at radius 3 is 2.68 bits per heavy atom. The summed E-state index contributed by atoms with van der Waals surface area (Å²) in [7, 11) is 0. The first kappa shape index (κ1) is 11.9. The minimum Gasteiger partial charge on any atom is -0.287 e. The molecule has 2 aromatic rings. The van der Waals surface area contributed by atoms with E-state index in [9.17, 15) is 4.79 Å². The smallest absolute Gasteiger partial charge is 0.207 e. The first-order chi connectivity index (χ1) is 9.36.